The maximum Gasteiger partial charge on any atom is 0.337 e. The molecule has 0 bridgehead atoms. The molecule has 4 rings (SSSR count). The second kappa shape index (κ2) is 8.32. The first-order chi connectivity index (χ1) is 14.8. The molecule has 3 amide bonds. The third-order valence-corrected chi connectivity index (χ3v) is 6.71. The Kier molecular flexibility index (Phi) is 5.73. The van der Waals surface area contributed by atoms with Crippen LogP contribution in [-0.4, -0.2) is 60.9 Å². The molecular weight excluding hydrogens is 398 g/mol. The van der Waals surface area contributed by atoms with Gasteiger partial charge in [0, 0.05) is 30.7 Å². The van der Waals surface area contributed by atoms with Gasteiger partial charge in [0.2, 0.25) is 11.8 Å². The Morgan fingerprint density at radius 2 is 1.26 bits per heavy atom. The van der Waals surface area contributed by atoms with E-state index in [1.54, 1.807) is 17.0 Å². The first-order valence-electron chi connectivity index (χ1n) is 10.9. The fourth-order valence-electron chi connectivity index (χ4n) is 4.18. The highest BCUT2D eigenvalue weighted by molar-refractivity contribution is 5.98. The summed E-state index contributed by atoms with van der Waals surface area (Å²) in [6.45, 7) is 4.55. The molecule has 0 unspecified atom stereocenters. The van der Waals surface area contributed by atoms with Gasteiger partial charge in [0.15, 0.2) is 0 Å². The fraction of sp³-hybridized carbons (Fsp3) is 0.565. The first-order valence-corrected chi connectivity index (χ1v) is 10.9. The molecule has 1 aromatic rings. The zero-order chi connectivity index (χ0) is 22.3. The maximum atomic E-state index is 13.1. The molecule has 8 heteroatoms. The summed E-state index contributed by atoms with van der Waals surface area (Å²) in [7, 11) is 1.30. The van der Waals surface area contributed by atoms with Gasteiger partial charge < -0.3 is 20.3 Å². The minimum Gasteiger partial charge on any atom is -0.465 e. The second-order valence-electron chi connectivity index (χ2n) is 9.15. The van der Waals surface area contributed by atoms with E-state index in [1.807, 2.05) is 0 Å². The minimum atomic E-state index is -0.569. The number of benzene rings is 1. The Balaban J connectivity index is 1.47. The zero-order valence-corrected chi connectivity index (χ0v) is 18.1. The Labute approximate surface area is 181 Å². The number of nitrogens with one attached hydrogen (secondary N) is 2. The fourth-order valence-corrected chi connectivity index (χ4v) is 4.18. The SMILES string of the molecule is COC(=O)c1ccc(C(=O)N2C[C@@H](C(=O)N[C@H]3C[C@@H]3C)[C@H](C(=O)N[C@H]3C[C@@H]3C)C2)cc1. The van der Waals surface area contributed by atoms with Crippen molar-refractivity contribution in [2.24, 2.45) is 23.7 Å². The lowest BCUT2D eigenvalue weighted by Crippen LogP contribution is -2.43. The van der Waals surface area contributed by atoms with Crippen LogP contribution in [0.15, 0.2) is 24.3 Å². The number of likely N-dealkylation sites (tertiary alicyclic amines) is 1. The Morgan fingerprint density at radius 1 is 0.839 bits per heavy atom. The smallest absolute Gasteiger partial charge is 0.337 e. The number of carbonyl (C=O) groups excluding carboxylic acids is 4. The number of amides is 3. The van der Waals surface area contributed by atoms with E-state index in [0.29, 0.717) is 23.0 Å². The molecule has 2 aliphatic carbocycles. The molecule has 1 saturated heterocycles. The molecule has 6 atom stereocenters. The van der Waals surface area contributed by atoms with Crippen LogP contribution in [0.25, 0.3) is 0 Å². The Morgan fingerprint density at radius 3 is 1.65 bits per heavy atom. The molecule has 8 nitrogen and oxygen atoms in total. The number of esters is 1. The number of ether oxygens (including phenoxy) is 1. The van der Waals surface area contributed by atoms with Gasteiger partial charge in [-0.2, -0.15) is 0 Å². The molecule has 0 spiro atoms. The van der Waals surface area contributed by atoms with Crippen LogP contribution in [0.2, 0.25) is 0 Å². The van der Waals surface area contributed by atoms with E-state index >= 15 is 0 Å². The molecule has 2 N–H and O–H groups in total. The first kappa shape index (κ1) is 21.3. The van der Waals surface area contributed by atoms with Crippen molar-refractivity contribution in [3.05, 3.63) is 35.4 Å². The van der Waals surface area contributed by atoms with Gasteiger partial charge >= 0.3 is 5.97 Å². The van der Waals surface area contributed by atoms with Crippen LogP contribution in [0.5, 0.6) is 0 Å². The van der Waals surface area contributed by atoms with E-state index in [2.05, 4.69) is 29.2 Å². The summed E-state index contributed by atoms with van der Waals surface area (Å²) in [6, 6.07) is 6.52. The molecule has 3 aliphatic rings. The lowest BCUT2D eigenvalue weighted by molar-refractivity contribution is -0.133. The maximum absolute atomic E-state index is 13.1. The molecule has 31 heavy (non-hydrogen) atoms. The molecule has 0 aromatic heterocycles. The molecule has 0 radical (unpaired) electrons. The minimum absolute atomic E-state index is 0.158. The van der Waals surface area contributed by atoms with Crippen molar-refractivity contribution < 1.29 is 23.9 Å². The molecule has 1 aromatic carbocycles. The lowest BCUT2D eigenvalue weighted by Gasteiger charge is -2.17. The van der Waals surface area contributed by atoms with Gasteiger partial charge in [-0.25, -0.2) is 4.79 Å². The van der Waals surface area contributed by atoms with E-state index in [-0.39, 0.29) is 42.9 Å². The van der Waals surface area contributed by atoms with Gasteiger partial charge in [0.1, 0.15) is 0 Å². The van der Waals surface area contributed by atoms with Crippen LogP contribution in [0.1, 0.15) is 47.4 Å². The molecular formula is C23H29N3O5. The van der Waals surface area contributed by atoms with Crippen LogP contribution in [-0.2, 0) is 14.3 Å². The topological polar surface area (TPSA) is 105 Å². The predicted octanol–water partition coefficient (Wildman–Crippen LogP) is 1.21. The van der Waals surface area contributed by atoms with Gasteiger partial charge in [-0.05, 0) is 48.9 Å². The zero-order valence-electron chi connectivity index (χ0n) is 18.1. The van der Waals surface area contributed by atoms with Crippen molar-refractivity contribution in [2.45, 2.75) is 38.8 Å². The highest BCUT2D eigenvalue weighted by Gasteiger charge is 2.47. The van der Waals surface area contributed by atoms with Gasteiger partial charge in [0.05, 0.1) is 24.5 Å². The summed E-state index contributed by atoms with van der Waals surface area (Å²) in [5.41, 5.74) is 0.756. The average molecular weight is 428 g/mol. The number of rotatable bonds is 6. The predicted molar refractivity (Wildman–Crippen MR) is 112 cm³/mol. The van der Waals surface area contributed by atoms with E-state index in [9.17, 15) is 19.2 Å². The summed E-state index contributed by atoms with van der Waals surface area (Å²) < 4.78 is 4.68. The lowest BCUT2D eigenvalue weighted by atomic mass is 9.94. The van der Waals surface area contributed by atoms with Crippen molar-refractivity contribution in [2.75, 3.05) is 20.2 Å². The highest BCUT2D eigenvalue weighted by atomic mass is 16.5. The van der Waals surface area contributed by atoms with Crippen LogP contribution < -0.4 is 10.6 Å². The molecule has 3 fully saturated rings. The van der Waals surface area contributed by atoms with Crippen molar-refractivity contribution in [1.29, 1.82) is 0 Å². The normalized spacial score (nSPS) is 31.0. The van der Waals surface area contributed by atoms with Crippen LogP contribution in [0.3, 0.4) is 0 Å². The number of hydrogen-bond donors (Lipinski definition) is 2. The third-order valence-electron chi connectivity index (χ3n) is 6.71. The summed E-state index contributed by atoms with van der Waals surface area (Å²) in [4.78, 5) is 52.0. The van der Waals surface area contributed by atoms with Crippen molar-refractivity contribution in [1.82, 2.24) is 15.5 Å². The highest BCUT2D eigenvalue weighted by Crippen LogP contribution is 2.33. The molecule has 2 saturated carbocycles. The summed E-state index contributed by atoms with van der Waals surface area (Å²) in [5, 5.41) is 6.05. The largest absolute Gasteiger partial charge is 0.465 e. The summed E-state index contributed by atoms with van der Waals surface area (Å²) in [6.07, 6.45) is 1.90. The van der Waals surface area contributed by atoms with E-state index < -0.39 is 17.8 Å². The van der Waals surface area contributed by atoms with Gasteiger partial charge in [-0.3, -0.25) is 14.4 Å². The molecule has 1 aliphatic heterocycles. The standard InChI is InChI=1S/C23H29N3O5/c1-12-8-18(12)24-20(27)16-10-26(11-17(16)21(28)25-19-9-13(19)2)22(29)14-4-6-15(7-5-14)23(30)31-3/h4-7,12-13,16-19H,8-11H2,1-3H3,(H,24,27)(H,25,28)/t12-,13-,16+,17+,18-,19-/m0/s1. The van der Waals surface area contributed by atoms with Crippen LogP contribution in [0, 0.1) is 23.7 Å². The number of nitrogens with zero attached hydrogens (tertiary/aromatic N) is 1. The monoisotopic (exact) mass is 427 g/mol. The Hall–Kier alpha value is -2.90. The van der Waals surface area contributed by atoms with Gasteiger partial charge in [0.25, 0.3) is 5.91 Å². The number of hydrogen-bond acceptors (Lipinski definition) is 5. The van der Waals surface area contributed by atoms with Gasteiger partial charge in [-0.1, -0.05) is 13.8 Å². The van der Waals surface area contributed by atoms with Crippen molar-refractivity contribution >= 4 is 23.7 Å². The van der Waals surface area contributed by atoms with Crippen LogP contribution in [0.4, 0.5) is 0 Å². The molecule has 1 heterocycles. The second-order valence-corrected chi connectivity index (χ2v) is 9.15. The van der Waals surface area contributed by atoms with E-state index in [1.165, 1.54) is 19.2 Å². The number of carbonyl (C=O) groups is 4. The quantitative estimate of drug-likeness (QED) is 0.664. The van der Waals surface area contributed by atoms with E-state index in [0.717, 1.165) is 12.8 Å². The number of methoxy groups -OCH3 is 1. The molecule has 166 valence electrons. The van der Waals surface area contributed by atoms with Crippen molar-refractivity contribution in [3.8, 4) is 0 Å². The van der Waals surface area contributed by atoms with Crippen LogP contribution >= 0.6 is 0 Å². The Bertz CT molecular complexity index is 861. The average Bonchev–Trinajstić information content (AvgIpc) is 3.59. The summed E-state index contributed by atoms with van der Waals surface area (Å²) in [5.74, 6) is -1.28. The van der Waals surface area contributed by atoms with Gasteiger partial charge in [-0.15, -0.1) is 0 Å². The third kappa shape index (κ3) is 4.57. The summed E-state index contributed by atoms with van der Waals surface area (Å²) >= 11 is 0. The van der Waals surface area contributed by atoms with Crippen molar-refractivity contribution in [3.63, 3.8) is 0 Å². The van der Waals surface area contributed by atoms with E-state index in [4.69, 9.17) is 0 Å².